The van der Waals surface area contributed by atoms with Gasteiger partial charge in [0.2, 0.25) is 11.8 Å². The highest BCUT2D eigenvalue weighted by atomic mass is 16.2. The van der Waals surface area contributed by atoms with Crippen LogP contribution >= 0.6 is 0 Å². The van der Waals surface area contributed by atoms with Crippen molar-refractivity contribution < 1.29 is 9.59 Å². The Morgan fingerprint density at radius 2 is 1.92 bits per heavy atom. The summed E-state index contributed by atoms with van der Waals surface area (Å²) in [4.78, 5) is 28.5. The Balaban J connectivity index is 1.83. The van der Waals surface area contributed by atoms with E-state index in [1.165, 1.54) is 0 Å². The van der Waals surface area contributed by atoms with E-state index in [9.17, 15) is 9.59 Å². The summed E-state index contributed by atoms with van der Waals surface area (Å²) >= 11 is 0. The molecule has 1 heterocycles. The van der Waals surface area contributed by atoms with Crippen molar-refractivity contribution >= 4 is 11.8 Å². The van der Waals surface area contributed by atoms with Gasteiger partial charge >= 0.3 is 0 Å². The molecule has 5 nitrogen and oxygen atoms in total. The number of rotatable bonds is 6. The van der Waals surface area contributed by atoms with Crippen molar-refractivity contribution in [3.05, 3.63) is 48.0 Å². The first-order chi connectivity index (χ1) is 11.5. The minimum Gasteiger partial charge on any atom is -0.351 e. The van der Waals surface area contributed by atoms with Crippen LogP contribution in [0.4, 0.5) is 0 Å². The lowest BCUT2D eigenvalue weighted by Gasteiger charge is -2.37. The number of aryl methyl sites for hydroxylation is 1. The van der Waals surface area contributed by atoms with E-state index in [4.69, 9.17) is 0 Å². The lowest BCUT2D eigenvalue weighted by Crippen LogP contribution is -2.55. The molecule has 2 rings (SSSR count). The number of carbonyl (C=O) groups is 2. The maximum atomic E-state index is 12.5. The van der Waals surface area contributed by atoms with Gasteiger partial charge in [0.25, 0.3) is 0 Å². The predicted octanol–water partition coefficient (Wildman–Crippen LogP) is 1.37. The van der Waals surface area contributed by atoms with Crippen LogP contribution in [0.15, 0.2) is 36.9 Å². The molecule has 5 heteroatoms. The van der Waals surface area contributed by atoms with Gasteiger partial charge in [0, 0.05) is 32.7 Å². The summed E-state index contributed by atoms with van der Waals surface area (Å²) in [5.74, 6) is 0.169. The van der Waals surface area contributed by atoms with Gasteiger partial charge < -0.3 is 10.2 Å². The number of nitrogens with zero attached hydrogens (tertiary/aromatic N) is 2. The highest BCUT2D eigenvalue weighted by Crippen LogP contribution is 2.12. The SMILES string of the molecule is C=CCNC(=O)C(C)N1CCN(C(=O)Cc2ccccc2C)CC1. The Morgan fingerprint density at radius 3 is 2.54 bits per heavy atom. The molecular formula is C19H27N3O2. The number of benzene rings is 1. The Hall–Kier alpha value is -2.14. The Bertz CT molecular complexity index is 592. The third kappa shape index (κ3) is 4.68. The summed E-state index contributed by atoms with van der Waals surface area (Å²) in [5, 5.41) is 2.82. The van der Waals surface area contributed by atoms with Gasteiger partial charge in [-0.3, -0.25) is 14.5 Å². The summed E-state index contributed by atoms with van der Waals surface area (Å²) in [6.45, 7) is 10.8. The summed E-state index contributed by atoms with van der Waals surface area (Å²) in [5.41, 5.74) is 2.24. The van der Waals surface area contributed by atoms with E-state index in [1.807, 2.05) is 43.0 Å². The minimum absolute atomic E-state index is 0.00888. The molecular weight excluding hydrogens is 302 g/mol. The van der Waals surface area contributed by atoms with Gasteiger partial charge in [-0.25, -0.2) is 0 Å². The van der Waals surface area contributed by atoms with Crippen molar-refractivity contribution in [3.63, 3.8) is 0 Å². The van der Waals surface area contributed by atoms with Crippen LogP contribution in [0.3, 0.4) is 0 Å². The molecule has 0 saturated carbocycles. The van der Waals surface area contributed by atoms with Crippen molar-refractivity contribution in [3.8, 4) is 0 Å². The van der Waals surface area contributed by atoms with Crippen LogP contribution in [0.1, 0.15) is 18.1 Å². The predicted molar refractivity (Wildman–Crippen MR) is 95.7 cm³/mol. The van der Waals surface area contributed by atoms with Crippen LogP contribution in [-0.2, 0) is 16.0 Å². The van der Waals surface area contributed by atoms with Gasteiger partial charge in [-0.2, -0.15) is 0 Å². The van der Waals surface area contributed by atoms with E-state index in [0.717, 1.165) is 24.2 Å². The summed E-state index contributed by atoms with van der Waals surface area (Å²) < 4.78 is 0. The third-order valence-electron chi connectivity index (χ3n) is 4.62. The van der Waals surface area contributed by atoms with Gasteiger partial charge in [0.1, 0.15) is 0 Å². The molecule has 0 aromatic heterocycles. The van der Waals surface area contributed by atoms with Crippen LogP contribution in [0.5, 0.6) is 0 Å². The molecule has 0 aliphatic carbocycles. The van der Waals surface area contributed by atoms with E-state index in [0.29, 0.717) is 26.1 Å². The fourth-order valence-electron chi connectivity index (χ4n) is 2.93. The summed E-state index contributed by atoms with van der Waals surface area (Å²) in [6.07, 6.45) is 2.12. The van der Waals surface area contributed by atoms with Gasteiger partial charge in [0.05, 0.1) is 12.5 Å². The number of piperazine rings is 1. The van der Waals surface area contributed by atoms with Gasteiger partial charge in [-0.1, -0.05) is 30.3 Å². The first-order valence-electron chi connectivity index (χ1n) is 8.48. The Kier molecular flexibility index (Phi) is 6.55. The van der Waals surface area contributed by atoms with Crippen molar-refractivity contribution in [2.24, 2.45) is 0 Å². The Morgan fingerprint density at radius 1 is 1.25 bits per heavy atom. The molecule has 1 aliphatic rings. The van der Waals surface area contributed by atoms with Crippen LogP contribution in [0.25, 0.3) is 0 Å². The molecule has 2 amide bonds. The van der Waals surface area contributed by atoms with E-state index >= 15 is 0 Å². The first-order valence-corrected chi connectivity index (χ1v) is 8.48. The van der Waals surface area contributed by atoms with Gasteiger partial charge in [-0.05, 0) is 25.0 Å². The normalized spacial score (nSPS) is 16.5. The Labute approximate surface area is 144 Å². The lowest BCUT2D eigenvalue weighted by atomic mass is 10.1. The standard InChI is InChI=1S/C19H27N3O2/c1-4-9-20-19(24)16(3)21-10-12-22(13-11-21)18(23)14-17-8-6-5-7-15(17)2/h4-8,16H,1,9-14H2,2-3H3,(H,20,24). The largest absolute Gasteiger partial charge is 0.351 e. The number of nitrogens with one attached hydrogen (secondary N) is 1. The average molecular weight is 329 g/mol. The zero-order valence-corrected chi connectivity index (χ0v) is 14.6. The molecule has 0 radical (unpaired) electrons. The molecule has 1 aliphatic heterocycles. The minimum atomic E-state index is -0.182. The monoisotopic (exact) mass is 329 g/mol. The number of amides is 2. The van der Waals surface area contributed by atoms with Crippen molar-refractivity contribution in [1.82, 2.24) is 15.1 Å². The zero-order valence-electron chi connectivity index (χ0n) is 14.6. The maximum absolute atomic E-state index is 12.5. The second-order valence-corrected chi connectivity index (χ2v) is 6.23. The zero-order chi connectivity index (χ0) is 17.5. The molecule has 0 spiro atoms. The highest BCUT2D eigenvalue weighted by Gasteiger charge is 2.27. The molecule has 0 bridgehead atoms. The fraction of sp³-hybridized carbons (Fsp3) is 0.474. The number of carbonyl (C=O) groups excluding carboxylic acids is 2. The summed E-state index contributed by atoms with van der Waals surface area (Å²) in [6, 6.07) is 7.82. The molecule has 130 valence electrons. The van der Waals surface area contributed by atoms with Crippen LogP contribution in [-0.4, -0.2) is 60.4 Å². The van der Waals surface area contributed by atoms with Crippen molar-refractivity contribution in [2.45, 2.75) is 26.3 Å². The van der Waals surface area contributed by atoms with Crippen LogP contribution in [0.2, 0.25) is 0 Å². The van der Waals surface area contributed by atoms with Crippen molar-refractivity contribution in [1.29, 1.82) is 0 Å². The third-order valence-corrected chi connectivity index (χ3v) is 4.62. The maximum Gasteiger partial charge on any atom is 0.237 e. The van der Waals surface area contributed by atoms with Gasteiger partial charge in [0.15, 0.2) is 0 Å². The second-order valence-electron chi connectivity index (χ2n) is 6.23. The average Bonchev–Trinajstić information content (AvgIpc) is 2.61. The summed E-state index contributed by atoms with van der Waals surface area (Å²) in [7, 11) is 0. The molecule has 24 heavy (non-hydrogen) atoms. The molecule has 1 aromatic rings. The quantitative estimate of drug-likeness (QED) is 0.802. The number of hydrogen-bond donors (Lipinski definition) is 1. The van der Waals surface area contributed by atoms with Crippen molar-refractivity contribution in [2.75, 3.05) is 32.7 Å². The fourth-order valence-corrected chi connectivity index (χ4v) is 2.93. The first kappa shape index (κ1) is 18.2. The van der Waals surface area contributed by atoms with E-state index < -0.39 is 0 Å². The molecule has 1 atom stereocenters. The molecule has 1 saturated heterocycles. The second kappa shape index (κ2) is 8.64. The van der Waals surface area contributed by atoms with E-state index in [-0.39, 0.29) is 17.9 Å². The molecule has 1 unspecified atom stereocenters. The molecule has 1 N–H and O–H groups in total. The molecule has 1 aromatic carbocycles. The number of hydrogen-bond acceptors (Lipinski definition) is 3. The molecule has 1 fully saturated rings. The smallest absolute Gasteiger partial charge is 0.237 e. The van der Waals surface area contributed by atoms with E-state index in [1.54, 1.807) is 6.08 Å². The lowest BCUT2D eigenvalue weighted by molar-refractivity contribution is -0.133. The highest BCUT2D eigenvalue weighted by molar-refractivity contribution is 5.81. The van der Waals surface area contributed by atoms with Gasteiger partial charge in [-0.15, -0.1) is 6.58 Å². The topological polar surface area (TPSA) is 52.7 Å². The van der Waals surface area contributed by atoms with E-state index in [2.05, 4.69) is 16.8 Å². The van der Waals surface area contributed by atoms with Crippen LogP contribution < -0.4 is 5.32 Å². The van der Waals surface area contributed by atoms with Crippen LogP contribution in [0, 0.1) is 6.92 Å².